The van der Waals surface area contributed by atoms with Gasteiger partial charge in [-0.2, -0.15) is 0 Å². The number of carbonyl (C=O) groups excluding carboxylic acids is 1. The van der Waals surface area contributed by atoms with Crippen LogP contribution in [0, 0.1) is 6.92 Å². The minimum absolute atomic E-state index is 0.105. The van der Waals surface area contributed by atoms with Gasteiger partial charge in [-0.05, 0) is 57.6 Å². The Morgan fingerprint density at radius 1 is 1.24 bits per heavy atom. The number of ether oxygens (including phenoxy) is 2. The first-order valence-corrected chi connectivity index (χ1v) is 11.3. The van der Waals surface area contributed by atoms with E-state index in [2.05, 4.69) is 4.98 Å². The minimum atomic E-state index is -0.833. The number of hydrogen-bond acceptors (Lipinski definition) is 8. The van der Waals surface area contributed by atoms with Gasteiger partial charge in [0.2, 0.25) is 0 Å². The number of unbranched alkanes of at least 4 members (excludes halogenated alkanes) is 1. The fourth-order valence-electron chi connectivity index (χ4n) is 3.30. The van der Waals surface area contributed by atoms with Crippen molar-refractivity contribution >= 4 is 17.8 Å². The lowest BCUT2D eigenvalue weighted by Crippen LogP contribution is -2.34. The average molecular weight is 484 g/mol. The molecule has 0 unspecified atom stereocenters. The zero-order valence-corrected chi connectivity index (χ0v) is 20.6. The van der Waals surface area contributed by atoms with Crippen molar-refractivity contribution in [3.05, 3.63) is 29.2 Å². The fourth-order valence-corrected chi connectivity index (χ4v) is 3.30. The summed E-state index contributed by atoms with van der Waals surface area (Å²) in [6, 6.07) is 3.64. The topological polar surface area (TPSA) is 144 Å². The SMILES string of the molecule is CC(=O)O.Cc1nc(/C(N)=C(\COC(=O)N(C)CCCCF)N(C)N)ccc1OC1CCCC1. The third-order valence-electron chi connectivity index (χ3n) is 5.17. The van der Waals surface area contributed by atoms with Crippen molar-refractivity contribution in [2.45, 2.75) is 58.5 Å². The van der Waals surface area contributed by atoms with Gasteiger partial charge in [0.15, 0.2) is 0 Å². The molecule has 1 amide bonds. The molecule has 2 rings (SSSR count). The molecular formula is C23H38FN5O5. The molecule has 0 radical (unpaired) electrons. The highest BCUT2D eigenvalue weighted by atomic mass is 19.1. The molecule has 1 aromatic rings. The van der Waals surface area contributed by atoms with Gasteiger partial charge in [0, 0.05) is 27.6 Å². The van der Waals surface area contributed by atoms with E-state index in [1.165, 1.54) is 22.8 Å². The van der Waals surface area contributed by atoms with Crippen LogP contribution in [0.5, 0.6) is 5.75 Å². The molecule has 1 aliphatic carbocycles. The largest absolute Gasteiger partial charge is 0.489 e. The summed E-state index contributed by atoms with van der Waals surface area (Å²) in [5.41, 5.74) is 8.32. The normalized spacial score (nSPS) is 13.9. The van der Waals surface area contributed by atoms with Crippen molar-refractivity contribution < 1.29 is 28.6 Å². The van der Waals surface area contributed by atoms with Crippen LogP contribution in [0.1, 0.15) is 56.8 Å². The second-order valence-corrected chi connectivity index (χ2v) is 8.17. The molecule has 5 N–H and O–H groups in total. The lowest BCUT2D eigenvalue weighted by molar-refractivity contribution is -0.134. The number of hydrogen-bond donors (Lipinski definition) is 3. The number of rotatable bonds is 10. The first kappa shape index (κ1) is 29.0. The van der Waals surface area contributed by atoms with Crippen LogP contribution in [0.3, 0.4) is 0 Å². The van der Waals surface area contributed by atoms with Crippen molar-refractivity contribution in [3.63, 3.8) is 0 Å². The number of aliphatic carboxylic acids is 1. The highest BCUT2D eigenvalue weighted by Crippen LogP contribution is 2.27. The van der Waals surface area contributed by atoms with E-state index in [1.807, 2.05) is 13.0 Å². The average Bonchev–Trinajstić information content (AvgIpc) is 3.27. The monoisotopic (exact) mass is 483 g/mol. The predicted octanol–water partition coefficient (Wildman–Crippen LogP) is 3.05. The zero-order chi connectivity index (χ0) is 25.7. The number of halogens is 1. The maximum Gasteiger partial charge on any atom is 0.409 e. The van der Waals surface area contributed by atoms with Crippen molar-refractivity contribution in [1.29, 1.82) is 0 Å². The Morgan fingerprint density at radius 3 is 2.38 bits per heavy atom. The number of alkyl halides is 1. The molecule has 0 spiro atoms. The zero-order valence-electron chi connectivity index (χ0n) is 20.6. The summed E-state index contributed by atoms with van der Waals surface area (Å²) in [6.45, 7) is 2.87. The number of carbonyl (C=O) groups is 2. The lowest BCUT2D eigenvalue weighted by Gasteiger charge is -2.22. The highest BCUT2D eigenvalue weighted by Gasteiger charge is 2.19. The van der Waals surface area contributed by atoms with Gasteiger partial charge in [-0.1, -0.05) is 0 Å². The number of amides is 1. The first-order valence-electron chi connectivity index (χ1n) is 11.3. The highest BCUT2D eigenvalue weighted by molar-refractivity contribution is 5.68. The predicted molar refractivity (Wildman–Crippen MR) is 127 cm³/mol. The van der Waals surface area contributed by atoms with Crippen LogP contribution < -0.4 is 16.3 Å². The molecule has 0 bridgehead atoms. The Kier molecular flexibility index (Phi) is 12.7. The number of nitrogens with two attached hydrogens (primary N) is 2. The van der Waals surface area contributed by atoms with E-state index >= 15 is 0 Å². The lowest BCUT2D eigenvalue weighted by atomic mass is 10.2. The summed E-state index contributed by atoms with van der Waals surface area (Å²) >= 11 is 0. The van der Waals surface area contributed by atoms with Crippen molar-refractivity contribution in [3.8, 4) is 5.75 Å². The molecule has 0 aromatic carbocycles. The van der Waals surface area contributed by atoms with Gasteiger partial charge in [-0.15, -0.1) is 0 Å². The van der Waals surface area contributed by atoms with Crippen LogP contribution in [-0.2, 0) is 9.53 Å². The number of pyridine rings is 1. The molecule has 0 atom stereocenters. The Balaban J connectivity index is 0.00000133. The van der Waals surface area contributed by atoms with Crippen LogP contribution >= 0.6 is 0 Å². The molecule has 10 nitrogen and oxygen atoms in total. The summed E-state index contributed by atoms with van der Waals surface area (Å²) in [5, 5.41) is 8.73. The molecule has 0 aliphatic heterocycles. The standard InChI is InChI=1S/C21H34FN5O3.C2H4O2/c1-15-19(30-16-8-4-5-9-16)11-10-17(25-15)20(23)18(27(3)24)14-29-21(28)26(2)13-7-6-12-22;1-2(3)4/h10-11,16H,4-9,12-14,23-24H2,1-3H3;1H3,(H,3,4)/b20-18-;. The minimum Gasteiger partial charge on any atom is -0.489 e. The maximum absolute atomic E-state index is 12.2. The Labute approximate surface area is 200 Å². The van der Waals surface area contributed by atoms with Crippen molar-refractivity contribution in [1.82, 2.24) is 14.9 Å². The molecule has 0 saturated heterocycles. The number of carboxylic acid groups (broad SMARTS) is 1. The van der Waals surface area contributed by atoms with Gasteiger partial charge >= 0.3 is 6.09 Å². The van der Waals surface area contributed by atoms with Gasteiger partial charge in [-0.25, -0.2) is 15.6 Å². The summed E-state index contributed by atoms with van der Waals surface area (Å²) in [5.74, 6) is 5.83. The molecule has 1 fully saturated rings. The summed E-state index contributed by atoms with van der Waals surface area (Å²) in [6.07, 6.45) is 5.23. The second-order valence-electron chi connectivity index (χ2n) is 8.17. The molecule has 34 heavy (non-hydrogen) atoms. The maximum atomic E-state index is 12.2. The number of aromatic nitrogens is 1. The van der Waals surface area contributed by atoms with Crippen molar-refractivity contribution in [2.75, 3.05) is 33.9 Å². The summed E-state index contributed by atoms with van der Waals surface area (Å²) < 4.78 is 23.6. The van der Waals surface area contributed by atoms with Crippen LogP contribution in [0.15, 0.2) is 17.8 Å². The molecule has 11 heteroatoms. The van der Waals surface area contributed by atoms with Gasteiger partial charge in [0.05, 0.1) is 35.6 Å². The number of nitrogens with zero attached hydrogens (tertiary/aromatic N) is 3. The van der Waals surface area contributed by atoms with Crippen LogP contribution in [0.2, 0.25) is 0 Å². The van der Waals surface area contributed by atoms with E-state index in [4.69, 9.17) is 31.0 Å². The number of carboxylic acids is 1. The van der Waals surface area contributed by atoms with Crippen LogP contribution in [0.4, 0.5) is 9.18 Å². The van der Waals surface area contributed by atoms with Crippen LogP contribution in [0.25, 0.3) is 5.70 Å². The second kappa shape index (κ2) is 14.9. The quantitative estimate of drug-likeness (QED) is 0.260. The third-order valence-corrected chi connectivity index (χ3v) is 5.17. The number of likely N-dealkylation sites (N-methyl/N-ethyl adjacent to an activating group) is 1. The van der Waals surface area contributed by atoms with Gasteiger partial charge in [-0.3, -0.25) is 9.18 Å². The summed E-state index contributed by atoms with van der Waals surface area (Å²) in [7, 11) is 3.22. The number of hydrazine groups is 1. The van der Waals surface area contributed by atoms with Crippen LogP contribution in [-0.4, -0.2) is 72.1 Å². The Bertz CT molecular complexity index is 824. The van der Waals surface area contributed by atoms with E-state index in [0.717, 1.165) is 31.2 Å². The Hall–Kier alpha value is -3.08. The van der Waals surface area contributed by atoms with E-state index in [1.54, 1.807) is 20.2 Å². The van der Waals surface area contributed by atoms with E-state index in [-0.39, 0.29) is 12.7 Å². The molecule has 1 aromatic heterocycles. The molecule has 192 valence electrons. The van der Waals surface area contributed by atoms with E-state index in [9.17, 15) is 9.18 Å². The van der Waals surface area contributed by atoms with Gasteiger partial charge in [0.25, 0.3) is 5.97 Å². The third kappa shape index (κ3) is 10.2. The van der Waals surface area contributed by atoms with Gasteiger partial charge < -0.3 is 30.2 Å². The number of aryl methyl sites for hydroxylation is 1. The summed E-state index contributed by atoms with van der Waals surface area (Å²) in [4.78, 5) is 27.1. The van der Waals surface area contributed by atoms with E-state index in [0.29, 0.717) is 36.5 Å². The fraction of sp³-hybridized carbons (Fsp3) is 0.609. The van der Waals surface area contributed by atoms with E-state index < -0.39 is 18.7 Å². The van der Waals surface area contributed by atoms with Crippen molar-refractivity contribution in [2.24, 2.45) is 11.6 Å². The molecule has 1 heterocycles. The molecule has 1 aliphatic rings. The Morgan fingerprint density at radius 2 is 1.85 bits per heavy atom. The molecular weight excluding hydrogens is 445 g/mol. The van der Waals surface area contributed by atoms with Gasteiger partial charge in [0.1, 0.15) is 12.4 Å². The molecule has 1 saturated carbocycles. The first-order chi connectivity index (χ1) is 16.1. The smallest absolute Gasteiger partial charge is 0.409 e.